The summed E-state index contributed by atoms with van der Waals surface area (Å²) in [5.74, 6) is 3.41. The summed E-state index contributed by atoms with van der Waals surface area (Å²) >= 11 is 0. The van der Waals surface area contributed by atoms with Gasteiger partial charge in [-0.2, -0.15) is 9.13 Å². The number of ether oxygens (including phenoxy) is 1. The van der Waals surface area contributed by atoms with Crippen LogP contribution in [0.25, 0.3) is 28.0 Å². The fourth-order valence-electron chi connectivity index (χ4n) is 9.84. The lowest BCUT2D eigenvalue weighted by molar-refractivity contribution is -0.733. The molecule has 3 aromatic carbocycles. The average molecular weight is 566 g/mol. The van der Waals surface area contributed by atoms with Gasteiger partial charge >= 0.3 is 11.4 Å². The molecule has 5 aromatic rings. The molecule has 10 rings (SSSR count). The van der Waals surface area contributed by atoms with Crippen molar-refractivity contribution >= 4 is 11.0 Å². The Balaban J connectivity index is 1.49. The molecular formula is C39H39N3O+2. The van der Waals surface area contributed by atoms with E-state index in [-0.39, 0.29) is 10.8 Å². The number of imidazole rings is 1. The molecule has 0 saturated heterocycles. The number of aromatic nitrogens is 3. The lowest BCUT2D eigenvalue weighted by Gasteiger charge is -2.44. The number of hydrogen-bond acceptors (Lipinski definition) is 1. The number of pyridine rings is 1. The van der Waals surface area contributed by atoms with Crippen LogP contribution in [0.4, 0.5) is 0 Å². The maximum atomic E-state index is 7.03. The van der Waals surface area contributed by atoms with Crippen LogP contribution in [0.1, 0.15) is 107 Å². The fraction of sp³-hybridized carbons (Fsp3) is 0.385. The van der Waals surface area contributed by atoms with Crippen molar-refractivity contribution in [2.45, 2.75) is 95.1 Å². The average Bonchev–Trinajstić information content (AvgIpc) is 3.63. The van der Waals surface area contributed by atoms with Crippen molar-refractivity contribution < 1.29 is 13.9 Å². The molecule has 0 bridgehead atoms. The lowest BCUT2D eigenvalue weighted by atomic mass is 9.60. The van der Waals surface area contributed by atoms with Gasteiger partial charge < -0.3 is 4.74 Å². The zero-order valence-corrected chi connectivity index (χ0v) is 25.7. The molecule has 1 fully saturated rings. The van der Waals surface area contributed by atoms with Crippen molar-refractivity contribution in [3.8, 4) is 28.4 Å². The van der Waals surface area contributed by atoms with Crippen LogP contribution in [0, 0.1) is 0 Å². The maximum Gasteiger partial charge on any atom is 0.347 e. The fourth-order valence-corrected chi connectivity index (χ4v) is 9.84. The Bertz CT molecular complexity index is 2010. The van der Waals surface area contributed by atoms with E-state index in [0.717, 1.165) is 11.5 Å². The van der Waals surface area contributed by atoms with Crippen LogP contribution >= 0.6 is 0 Å². The van der Waals surface area contributed by atoms with E-state index in [0.29, 0.717) is 6.04 Å². The SMILES string of the molecule is CC1(C)CCC(C)(C)c2c1cc1c3c2C2(c4ccccc4-c4cccc[n+]42)c2n(C4CCCCC4)c4cccc(c4[n+]2-3)O1. The van der Waals surface area contributed by atoms with Gasteiger partial charge in [0.25, 0.3) is 0 Å². The van der Waals surface area contributed by atoms with Gasteiger partial charge in [0, 0.05) is 12.1 Å². The predicted molar refractivity (Wildman–Crippen MR) is 168 cm³/mol. The number of benzene rings is 3. The van der Waals surface area contributed by atoms with Crippen molar-refractivity contribution in [3.05, 3.63) is 101 Å². The van der Waals surface area contributed by atoms with Crippen molar-refractivity contribution in [2.75, 3.05) is 0 Å². The molecule has 5 heterocycles. The Morgan fingerprint density at radius 1 is 0.767 bits per heavy atom. The second-order valence-corrected chi connectivity index (χ2v) is 15.0. The number of fused-ring (bicyclic) bond motifs is 9. The summed E-state index contributed by atoms with van der Waals surface area (Å²) in [5, 5.41) is 0. The van der Waals surface area contributed by atoms with Gasteiger partial charge in [-0.1, -0.05) is 58.4 Å². The third-order valence-corrected chi connectivity index (χ3v) is 11.8. The van der Waals surface area contributed by atoms with Gasteiger partial charge in [0.1, 0.15) is 6.04 Å². The van der Waals surface area contributed by atoms with Crippen LogP contribution in [0.3, 0.4) is 0 Å². The summed E-state index contributed by atoms with van der Waals surface area (Å²) in [6, 6.07) is 25.7. The highest BCUT2D eigenvalue weighted by molar-refractivity contribution is 5.86. The summed E-state index contributed by atoms with van der Waals surface area (Å²) in [5.41, 5.74) is 11.9. The Kier molecular flexibility index (Phi) is 4.43. The second-order valence-electron chi connectivity index (χ2n) is 15.0. The van der Waals surface area contributed by atoms with Gasteiger partial charge in [-0.05, 0) is 90.8 Å². The number of para-hydroxylation sites is 1. The monoisotopic (exact) mass is 565 g/mol. The Labute approximate surface area is 253 Å². The first kappa shape index (κ1) is 24.5. The first-order valence-corrected chi connectivity index (χ1v) is 16.5. The minimum Gasteiger partial charge on any atom is -0.448 e. The summed E-state index contributed by atoms with van der Waals surface area (Å²) in [6.45, 7) is 9.88. The van der Waals surface area contributed by atoms with Crippen LogP contribution in [0.15, 0.2) is 72.9 Å². The smallest absolute Gasteiger partial charge is 0.347 e. The number of nitrogens with zero attached hydrogens (tertiary/aromatic N) is 3. The van der Waals surface area contributed by atoms with Gasteiger partial charge in [0.2, 0.25) is 11.2 Å². The van der Waals surface area contributed by atoms with Gasteiger partial charge in [-0.15, -0.1) is 0 Å². The quantitative estimate of drug-likeness (QED) is 0.184. The third kappa shape index (κ3) is 2.72. The highest BCUT2D eigenvalue weighted by Gasteiger charge is 2.71. The number of hydrogen-bond donors (Lipinski definition) is 0. The van der Waals surface area contributed by atoms with Crippen molar-refractivity contribution in [1.29, 1.82) is 0 Å². The van der Waals surface area contributed by atoms with E-state index in [1.165, 1.54) is 101 Å². The molecule has 1 unspecified atom stereocenters. The summed E-state index contributed by atoms with van der Waals surface area (Å²) in [7, 11) is 0. The molecule has 214 valence electrons. The molecule has 1 saturated carbocycles. The van der Waals surface area contributed by atoms with E-state index >= 15 is 0 Å². The molecule has 0 N–H and O–H groups in total. The van der Waals surface area contributed by atoms with Gasteiger partial charge in [0.15, 0.2) is 28.9 Å². The van der Waals surface area contributed by atoms with E-state index in [4.69, 9.17) is 4.74 Å². The minimum absolute atomic E-state index is 0.0328. The Morgan fingerprint density at radius 2 is 1.56 bits per heavy atom. The Hall–Kier alpha value is -3.92. The maximum absolute atomic E-state index is 7.03. The van der Waals surface area contributed by atoms with E-state index in [9.17, 15) is 0 Å². The Morgan fingerprint density at radius 3 is 2.42 bits per heavy atom. The topological polar surface area (TPSA) is 21.9 Å². The number of rotatable bonds is 1. The first-order valence-electron chi connectivity index (χ1n) is 16.5. The summed E-state index contributed by atoms with van der Waals surface area (Å²) in [4.78, 5) is 0. The normalized spacial score (nSPS) is 23.3. The van der Waals surface area contributed by atoms with Crippen molar-refractivity contribution in [2.24, 2.45) is 0 Å². The molecule has 4 nitrogen and oxygen atoms in total. The summed E-state index contributed by atoms with van der Waals surface area (Å²) < 4.78 is 15.1. The molecule has 0 amide bonds. The van der Waals surface area contributed by atoms with E-state index in [2.05, 4.69) is 114 Å². The van der Waals surface area contributed by atoms with Gasteiger partial charge in [0.05, 0.1) is 16.7 Å². The molecule has 0 radical (unpaired) electrons. The zero-order chi connectivity index (χ0) is 28.9. The minimum atomic E-state index is -0.491. The first-order chi connectivity index (χ1) is 20.8. The zero-order valence-electron chi connectivity index (χ0n) is 25.7. The van der Waals surface area contributed by atoms with Crippen LogP contribution in [0.5, 0.6) is 11.5 Å². The van der Waals surface area contributed by atoms with Gasteiger partial charge in [-0.25, -0.2) is 4.57 Å². The standard InChI is InChI=1S/C39H39N3O/c1-37(2)20-21-38(3,4)32-27(37)23-31-35-33(32)39(26-16-9-8-15-25(26)28-17-10-11-22-40(28)39)36-41(24-13-6-5-7-14-24)29-18-12-19-30(43-31)34(29)42(35)36/h8-12,15-19,22-24H,5-7,13-14,20-21H2,1-4H3/q+2. The lowest BCUT2D eigenvalue weighted by Crippen LogP contribution is -2.58. The molecule has 5 aliphatic rings. The molecule has 3 aliphatic heterocycles. The van der Waals surface area contributed by atoms with Gasteiger partial charge in [-0.3, -0.25) is 0 Å². The molecule has 43 heavy (non-hydrogen) atoms. The largest absolute Gasteiger partial charge is 0.448 e. The van der Waals surface area contributed by atoms with E-state index < -0.39 is 5.54 Å². The van der Waals surface area contributed by atoms with E-state index in [1.807, 2.05) is 0 Å². The molecule has 1 spiro atoms. The van der Waals surface area contributed by atoms with Crippen molar-refractivity contribution in [1.82, 2.24) is 4.57 Å². The van der Waals surface area contributed by atoms with Crippen molar-refractivity contribution in [3.63, 3.8) is 0 Å². The molecule has 2 aliphatic carbocycles. The van der Waals surface area contributed by atoms with E-state index in [1.54, 1.807) is 0 Å². The molecule has 4 heteroatoms. The summed E-state index contributed by atoms with van der Waals surface area (Å²) in [6.07, 6.45) is 11.1. The molecule has 2 aromatic heterocycles. The van der Waals surface area contributed by atoms with Crippen LogP contribution in [-0.2, 0) is 16.4 Å². The predicted octanol–water partition coefficient (Wildman–Crippen LogP) is 8.30. The van der Waals surface area contributed by atoms with Crippen LogP contribution in [0.2, 0.25) is 0 Å². The highest BCUT2D eigenvalue weighted by Crippen LogP contribution is 2.61. The van der Waals surface area contributed by atoms with Crippen LogP contribution in [-0.4, -0.2) is 4.57 Å². The third-order valence-electron chi connectivity index (χ3n) is 11.8. The van der Waals surface area contributed by atoms with Crippen LogP contribution < -0.4 is 13.9 Å². The highest BCUT2D eigenvalue weighted by atomic mass is 16.5. The second kappa shape index (κ2) is 7.77. The molecular weight excluding hydrogens is 526 g/mol. The molecule has 1 atom stereocenters.